The highest BCUT2D eigenvalue weighted by molar-refractivity contribution is 6.26. The predicted octanol–water partition coefficient (Wildman–Crippen LogP) is -0.906. The maximum absolute atomic E-state index is 10.1. The molecule has 0 saturated carbocycles. The molecule has 0 aliphatic carbocycles. The van der Waals surface area contributed by atoms with Crippen LogP contribution in [0.4, 0.5) is 0 Å². The summed E-state index contributed by atoms with van der Waals surface area (Å²) in [5, 5.41) is 8.21. The minimum atomic E-state index is -0.938. The molecule has 0 unspecified atom stereocenters. The van der Waals surface area contributed by atoms with Crippen LogP contribution in [0.2, 0.25) is 0 Å². The molecule has 1 radical (unpaired) electrons. The van der Waals surface area contributed by atoms with Gasteiger partial charge in [-0.3, -0.25) is 0 Å². The minimum absolute atomic E-state index is 0.660. The lowest BCUT2D eigenvalue weighted by molar-refractivity contribution is -0.132. The maximum atomic E-state index is 10.1. The number of carbonyl (C=O) groups is 1. The summed E-state index contributed by atoms with van der Waals surface area (Å²) in [5.74, 6) is -1.60. The van der Waals surface area contributed by atoms with Crippen LogP contribution in [0.5, 0.6) is 0 Å². The van der Waals surface area contributed by atoms with E-state index in [-0.39, 0.29) is 0 Å². The van der Waals surface area contributed by atoms with Gasteiger partial charge in [0.1, 0.15) is 0 Å². The van der Waals surface area contributed by atoms with Crippen molar-refractivity contribution < 1.29 is 14.6 Å². The Labute approximate surface area is 47.2 Å². The Morgan fingerprint density at radius 1 is 1.88 bits per heavy atom. The van der Waals surface area contributed by atoms with Crippen LogP contribution in [0.1, 0.15) is 0 Å². The summed E-state index contributed by atoms with van der Waals surface area (Å²) in [7, 11) is 0.670. The van der Waals surface area contributed by atoms with E-state index in [0.29, 0.717) is 7.62 Å². The molecule has 0 bridgehead atoms. The third-order valence-corrected chi connectivity index (χ3v) is 0.411. The van der Waals surface area contributed by atoms with Crippen molar-refractivity contribution in [2.24, 2.45) is 5.64 Å². The fraction of sp³-hybridized carbons (Fsp3) is 0. The van der Waals surface area contributed by atoms with Gasteiger partial charge in [-0.05, 0) is 6.58 Å². The van der Waals surface area contributed by atoms with Crippen molar-refractivity contribution >= 4 is 13.6 Å². The highest BCUT2D eigenvalue weighted by Gasteiger charge is 2.03. The first kappa shape index (κ1) is 7.03. The Kier molecular flexibility index (Phi) is 2.72. The number of aliphatic hydroxyl groups is 1. The number of nitrogens with two attached hydrogens (primary N) is 1. The smallest absolute Gasteiger partial charge is 0.476 e. The van der Waals surface area contributed by atoms with E-state index in [0.717, 1.165) is 0 Å². The van der Waals surface area contributed by atoms with Crippen molar-refractivity contribution in [2.45, 2.75) is 0 Å². The minimum Gasteiger partial charge on any atom is -0.516 e. The molecule has 0 amide bonds. The van der Waals surface area contributed by atoms with Crippen LogP contribution in [0.25, 0.3) is 0 Å². The highest BCUT2D eigenvalue weighted by Crippen LogP contribution is 1.83. The summed E-state index contributed by atoms with van der Waals surface area (Å²) in [6.07, 6.45) is 0. The summed E-state index contributed by atoms with van der Waals surface area (Å²) < 4.78 is 3.97. The monoisotopic (exact) mass is 114 g/mol. The van der Waals surface area contributed by atoms with E-state index in [1.54, 1.807) is 0 Å². The summed E-state index contributed by atoms with van der Waals surface area (Å²) >= 11 is 0. The van der Waals surface area contributed by atoms with E-state index in [2.05, 4.69) is 16.9 Å². The fourth-order valence-electron chi connectivity index (χ4n) is 0.130. The van der Waals surface area contributed by atoms with Gasteiger partial charge in [0.25, 0.3) is 0 Å². The molecule has 8 heavy (non-hydrogen) atoms. The van der Waals surface area contributed by atoms with Crippen molar-refractivity contribution in [3.05, 3.63) is 12.3 Å². The van der Waals surface area contributed by atoms with Gasteiger partial charge in [-0.25, -0.2) is 4.79 Å². The normalized spacial score (nSPS) is 7.62. The fourth-order valence-corrected chi connectivity index (χ4v) is 0.130. The Balaban J connectivity index is 3.49. The van der Waals surface area contributed by atoms with Crippen LogP contribution >= 0.6 is 0 Å². The lowest BCUT2D eigenvalue weighted by atomic mass is 10.3. The molecule has 0 saturated heterocycles. The molecule has 0 aliphatic heterocycles. The molecule has 0 aromatic rings. The summed E-state index contributed by atoms with van der Waals surface area (Å²) in [5.41, 5.74) is 4.65. The third kappa shape index (κ3) is 2.25. The van der Waals surface area contributed by atoms with E-state index >= 15 is 0 Å². The van der Waals surface area contributed by atoms with Crippen LogP contribution in [-0.2, 0) is 9.45 Å². The van der Waals surface area contributed by atoms with Crippen LogP contribution < -0.4 is 5.64 Å². The predicted molar refractivity (Wildman–Crippen MR) is 27.8 cm³/mol. The third-order valence-electron chi connectivity index (χ3n) is 0.411. The average molecular weight is 114 g/mol. The standard InChI is InChI=1S/C3H5BNO3/c1-2(6)3(7)8-4-5/h6H,1,5H2. The number of carbonyl (C=O) groups excluding carboxylic acids is 1. The molecule has 0 aromatic carbocycles. The number of aliphatic hydroxyl groups excluding tert-OH is 1. The van der Waals surface area contributed by atoms with Crippen LogP contribution in [-0.4, -0.2) is 18.7 Å². The molecule has 0 aliphatic rings. The SMILES string of the molecule is C=C(O)C(=O)O[B]N. The summed E-state index contributed by atoms with van der Waals surface area (Å²) in [6, 6.07) is 0. The average Bonchev–Trinajstić information content (AvgIpc) is 1.67. The molecule has 5 heteroatoms. The Morgan fingerprint density at radius 3 is 2.50 bits per heavy atom. The van der Waals surface area contributed by atoms with Crippen molar-refractivity contribution in [3.63, 3.8) is 0 Å². The first-order valence-electron chi connectivity index (χ1n) is 1.80. The Bertz CT molecular complexity index is 113. The van der Waals surface area contributed by atoms with Crippen LogP contribution in [0, 0.1) is 0 Å². The second-order valence-corrected chi connectivity index (χ2v) is 0.988. The zero-order chi connectivity index (χ0) is 6.57. The van der Waals surface area contributed by atoms with Gasteiger partial charge in [-0.15, -0.1) is 0 Å². The zero-order valence-electron chi connectivity index (χ0n) is 4.13. The molecule has 0 heterocycles. The van der Waals surface area contributed by atoms with Crippen molar-refractivity contribution in [3.8, 4) is 0 Å². The quantitative estimate of drug-likeness (QED) is 0.277. The molecule has 43 valence electrons. The molecule has 0 aromatic heterocycles. The Morgan fingerprint density at radius 2 is 2.38 bits per heavy atom. The second-order valence-electron chi connectivity index (χ2n) is 0.988. The van der Waals surface area contributed by atoms with Gasteiger partial charge in [0, 0.05) is 0 Å². The first-order valence-corrected chi connectivity index (χ1v) is 1.80. The van der Waals surface area contributed by atoms with Crippen molar-refractivity contribution in [1.82, 2.24) is 0 Å². The maximum Gasteiger partial charge on any atom is 0.476 e. The van der Waals surface area contributed by atoms with Gasteiger partial charge >= 0.3 is 13.6 Å². The Hall–Kier alpha value is -0.965. The number of hydrogen-bond acceptors (Lipinski definition) is 4. The van der Waals surface area contributed by atoms with Crippen LogP contribution in [0.3, 0.4) is 0 Å². The van der Waals surface area contributed by atoms with Gasteiger partial charge in [-0.1, -0.05) is 0 Å². The lowest BCUT2D eigenvalue weighted by Crippen LogP contribution is -2.16. The molecule has 0 spiro atoms. The number of rotatable bonds is 2. The van der Waals surface area contributed by atoms with E-state index in [9.17, 15) is 4.79 Å². The van der Waals surface area contributed by atoms with Gasteiger partial charge in [0.05, 0.1) is 0 Å². The zero-order valence-corrected chi connectivity index (χ0v) is 4.13. The summed E-state index contributed by atoms with van der Waals surface area (Å²) in [4.78, 5) is 10.1. The van der Waals surface area contributed by atoms with Crippen LogP contribution in [0.15, 0.2) is 12.3 Å². The molecule has 0 atom stereocenters. The van der Waals surface area contributed by atoms with E-state index in [1.807, 2.05) is 0 Å². The molecule has 4 nitrogen and oxygen atoms in total. The molecular weight excluding hydrogens is 109 g/mol. The molecule has 0 fully saturated rings. The van der Waals surface area contributed by atoms with Crippen molar-refractivity contribution in [1.29, 1.82) is 0 Å². The van der Waals surface area contributed by atoms with Gasteiger partial charge < -0.3 is 15.4 Å². The summed E-state index contributed by atoms with van der Waals surface area (Å²) in [6.45, 7) is 2.88. The highest BCUT2D eigenvalue weighted by atomic mass is 16.5. The molecule has 0 rings (SSSR count). The van der Waals surface area contributed by atoms with Crippen molar-refractivity contribution in [2.75, 3.05) is 0 Å². The van der Waals surface area contributed by atoms with Gasteiger partial charge in [-0.2, -0.15) is 0 Å². The van der Waals surface area contributed by atoms with E-state index in [1.165, 1.54) is 0 Å². The van der Waals surface area contributed by atoms with Gasteiger partial charge in [0.2, 0.25) is 0 Å². The lowest BCUT2D eigenvalue weighted by Gasteiger charge is -1.94. The number of hydrogen-bond donors (Lipinski definition) is 2. The largest absolute Gasteiger partial charge is 0.516 e. The molecular formula is C3H5BNO3. The van der Waals surface area contributed by atoms with E-state index in [4.69, 9.17) is 5.11 Å². The topological polar surface area (TPSA) is 72.5 Å². The van der Waals surface area contributed by atoms with Gasteiger partial charge in [0.15, 0.2) is 5.76 Å². The second kappa shape index (κ2) is 3.09. The van der Waals surface area contributed by atoms with E-state index < -0.39 is 11.7 Å². The first-order chi connectivity index (χ1) is 3.68. The molecule has 3 N–H and O–H groups in total.